The molecule has 0 fully saturated rings. The highest BCUT2D eigenvalue weighted by molar-refractivity contribution is 9.10. The maximum absolute atomic E-state index is 4.59. The standard InChI is InChI=1S/C12H12BrN/c1-2-3-11-6-4-9-8-10(13)5-7-12(9)14-11/h4-8H,2-3H2,1H3. The molecule has 0 radical (unpaired) electrons. The van der Waals surface area contributed by atoms with Crippen molar-refractivity contribution in [1.29, 1.82) is 0 Å². The Labute approximate surface area is 92.3 Å². The molecule has 1 heterocycles. The van der Waals surface area contributed by atoms with Crippen molar-refractivity contribution in [3.63, 3.8) is 0 Å². The summed E-state index contributed by atoms with van der Waals surface area (Å²) in [4.78, 5) is 4.59. The molecule has 2 heteroatoms. The lowest BCUT2D eigenvalue weighted by molar-refractivity contribution is 0.890. The molecule has 0 aliphatic heterocycles. The summed E-state index contributed by atoms with van der Waals surface area (Å²) < 4.78 is 1.11. The number of nitrogens with zero attached hydrogens (tertiary/aromatic N) is 1. The predicted octanol–water partition coefficient (Wildman–Crippen LogP) is 3.95. The molecule has 2 rings (SSSR count). The molecule has 0 aliphatic carbocycles. The lowest BCUT2D eigenvalue weighted by Gasteiger charge is -2.01. The number of rotatable bonds is 2. The highest BCUT2D eigenvalue weighted by atomic mass is 79.9. The van der Waals surface area contributed by atoms with Gasteiger partial charge in [0.05, 0.1) is 5.52 Å². The fourth-order valence-electron chi connectivity index (χ4n) is 1.53. The van der Waals surface area contributed by atoms with Gasteiger partial charge < -0.3 is 0 Å². The van der Waals surface area contributed by atoms with Crippen molar-refractivity contribution in [2.45, 2.75) is 19.8 Å². The summed E-state index contributed by atoms with van der Waals surface area (Å²) >= 11 is 3.45. The molecule has 72 valence electrons. The van der Waals surface area contributed by atoms with Crippen LogP contribution < -0.4 is 0 Å². The molecule has 0 aliphatic rings. The Bertz CT molecular complexity index is 451. The quantitative estimate of drug-likeness (QED) is 0.786. The normalized spacial score (nSPS) is 10.7. The Morgan fingerprint density at radius 2 is 2.07 bits per heavy atom. The van der Waals surface area contributed by atoms with E-state index in [0.29, 0.717) is 0 Å². The molecule has 0 saturated heterocycles. The lowest BCUT2D eigenvalue weighted by Crippen LogP contribution is -1.89. The Balaban J connectivity index is 2.50. The van der Waals surface area contributed by atoms with E-state index in [9.17, 15) is 0 Å². The van der Waals surface area contributed by atoms with Crippen LogP contribution in [0.25, 0.3) is 10.9 Å². The summed E-state index contributed by atoms with van der Waals surface area (Å²) in [5, 5.41) is 1.19. The molecule has 1 aromatic heterocycles. The van der Waals surface area contributed by atoms with Crippen LogP contribution in [0.15, 0.2) is 34.8 Å². The number of halogens is 1. The van der Waals surface area contributed by atoms with Crippen LogP contribution in [-0.2, 0) is 6.42 Å². The number of aromatic nitrogens is 1. The van der Waals surface area contributed by atoms with Gasteiger partial charge in [-0.15, -0.1) is 0 Å². The van der Waals surface area contributed by atoms with Crippen molar-refractivity contribution in [2.24, 2.45) is 0 Å². The van der Waals surface area contributed by atoms with E-state index in [1.54, 1.807) is 0 Å². The lowest BCUT2D eigenvalue weighted by atomic mass is 10.1. The molecule has 0 atom stereocenters. The molecular weight excluding hydrogens is 238 g/mol. The zero-order chi connectivity index (χ0) is 9.97. The molecule has 14 heavy (non-hydrogen) atoms. The van der Waals surface area contributed by atoms with Crippen LogP contribution in [0.5, 0.6) is 0 Å². The zero-order valence-electron chi connectivity index (χ0n) is 8.13. The second-order valence-corrected chi connectivity index (χ2v) is 4.31. The van der Waals surface area contributed by atoms with Crippen LogP contribution in [0.3, 0.4) is 0 Å². The van der Waals surface area contributed by atoms with Gasteiger partial charge in [0.25, 0.3) is 0 Å². The number of hydrogen-bond acceptors (Lipinski definition) is 1. The van der Waals surface area contributed by atoms with Gasteiger partial charge in [-0.25, -0.2) is 0 Å². The number of fused-ring (bicyclic) bond motifs is 1. The van der Waals surface area contributed by atoms with E-state index in [-0.39, 0.29) is 0 Å². The van der Waals surface area contributed by atoms with E-state index < -0.39 is 0 Å². The van der Waals surface area contributed by atoms with Gasteiger partial charge in [-0.2, -0.15) is 0 Å². The first-order chi connectivity index (χ1) is 6.79. The second kappa shape index (κ2) is 4.09. The van der Waals surface area contributed by atoms with E-state index in [0.717, 1.165) is 22.8 Å². The van der Waals surface area contributed by atoms with Gasteiger partial charge >= 0.3 is 0 Å². The summed E-state index contributed by atoms with van der Waals surface area (Å²) in [6, 6.07) is 10.4. The second-order valence-electron chi connectivity index (χ2n) is 3.39. The van der Waals surface area contributed by atoms with Gasteiger partial charge in [0, 0.05) is 15.6 Å². The fraction of sp³-hybridized carbons (Fsp3) is 0.250. The van der Waals surface area contributed by atoms with Crippen LogP contribution in [0.4, 0.5) is 0 Å². The van der Waals surface area contributed by atoms with E-state index in [4.69, 9.17) is 0 Å². The Hall–Kier alpha value is -0.890. The largest absolute Gasteiger partial charge is 0.253 e. The Morgan fingerprint density at radius 1 is 1.21 bits per heavy atom. The Morgan fingerprint density at radius 3 is 2.86 bits per heavy atom. The van der Waals surface area contributed by atoms with E-state index >= 15 is 0 Å². The smallest absolute Gasteiger partial charge is 0.0706 e. The first kappa shape index (κ1) is 9.66. The average molecular weight is 250 g/mol. The minimum Gasteiger partial charge on any atom is -0.253 e. The molecule has 0 amide bonds. The molecule has 0 bridgehead atoms. The first-order valence-corrected chi connectivity index (χ1v) is 5.64. The number of pyridine rings is 1. The molecule has 0 saturated carbocycles. The fourth-order valence-corrected chi connectivity index (χ4v) is 1.91. The molecule has 0 spiro atoms. The molecule has 0 N–H and O–H groups in total. The van der Waals surface area contributed by atoms with Crippen LogP contribution in [0.2, 0.25) is 0 Å². The van der Waals surface area contributed by atoms with E-state index in [2.05, 4.69) is 52.1 Å². The molecule has 1 aromatic carbocycles. The van der Waals surface area contributed by atoms with Crippen molar-refractivity contribution in [3.05, 3.63) is 40.5 Å². The van der Waals surface area contributed by atoms with Gasteiger partial charge in [0.15, 0.2) is 0 Å². The maximum atomic E-state index is 4.59. The van der Waals surface area contributed by atoms with Gasteiger partial charge in [-0.05, 0) is 30.7 Å². The third-order valence-electron chi connectivity index (χ3n) is 2.22. The average Bonchev–Trinajstić information content (AvgIpc) is 2.19. The van der Waals surface area contributed by atoms with E-state index in [1.807, 2.05) is 6.07 Å². The van der Waals surface area contributed by atoms with Crippen molar-refractivity contribution < 1.29 is 0 Å². The van der Waals surface area contributed by atoms with Crippen LogP contribution >= 0.6 is 15.9 Å². The molecule has 1 nitrogen and oxygen atoms in total. The van der Waals surface area contributed by atoms with E-state index in [1.165, 1.54) is 11.1 Å². The molecule has 2 aromatic rings. The Kier molecular flexibility index (Phi) is 2.82. The maximum Gasteiger partial charge on any atom is 0.0706 e. The number of hydrogen-bond donors (Lipinski definition) is 0. The number of aryl methyl sites for hydroxylation is 1. The summed E-state index contributed by atoms with van der Waals surface area (Å²) in [7, 11) is 0. The number of benzene rings is 1. The van der Waals surface area contributed by atoms with Crippen LogP contribution in [0, 0.1) is 0 Å². The molecular formula is C12H12BrN. The molecule has 0 unspecified atom stereocenters. The summed E-state index contributed by atoms with van der Waals surface area (Å²) in [5.74, 6) is 0. The summed E-state index contributed by atoms with van der Waals surface area (Å²) in [6.45, 7) is 2.17. The highest BCUT2D eigenvalue weighted by Crippen LogP contribution is 2.18. The third kappa shape index (κ3) is 1.95. The van der Waals surface area contributed by atoms with Gasteiger partial charge in [0.1, 0.15) is 0 Å². The van der Waals surface area contributed by atoms with Crippen molar-refractivity contribution >= 4 is 26.8 Å². The van der Waals surface area contributed by atoms with Crippen molar-refractivity contribution in [2.75, 3.05) is 0 Å². The summed E-state index contributed by atoms with van der Waals surface area (Å²) in [5.41, 5.74) is 2.27. The van der Waals surface area contributed by atoms with Crippen LogP contribution in [-0.4, -0.2) is 4.98 Å². The van der Waals surface area contributed by atoms with Gasteiger partial charge in [-0.1, -0.05) is 35.3 Å². The van der Waals surface area contributed by atoms with Crippen molar-refractivity contribution in [1.82, 2.24) is 4.98 Å². The van der Waals surface area contributed by atoms with Crippen molar-refractivity contribution in [3.8, 4) is 0 Å². The van der Waals surface area contributed by atoms with Gasteiger partial charge in [0.2, 0.25) is 0 Å². The van der Waals surface area contributed by atoms with Crippen LogP contribution in [0.1, 0.15) is 19.0 Å². The monoisotopic (exact) mass is 249 g/mol. The summed E-state index contributed by atoms with van der Waals surface area (Å²) in [6.07, 6.45) is 2.21. The highest BCUT2D eigenvalue weighted by Gasteiger charge is 1.97. The first-order valence-electron chi connectivity index (χ1n) is 4.85. The SMILES string of the molecule is CCCc1ccc2cc(Br)ccc2n1. The minimum atomic E-state index is 1.06. The van der Waals surface area contributed by atoms with Gasteiger partial charge in [-0.3, -0.25) is 4.98 Å². The topological polar surface area (TPSA) is 12.9 Å². The predicted molar refractivity (Wildman–Crippen MR) is 63.4 cm³/mol. The minimum absolute atomic E-state index is 1.06. The zero-order valence-corrected chi connectivity index (χ0v) is 9.71. The third-order valence-corrected chi connectivity index (χ3v) is 2.71.